The van der Waals surface area contributed by atoms with Crippen molar-refractivity contribution >= 4 is 5.97 Å². The SMILES string of the molecule is Cc1cc(Cc2ccc(O)c(O)c2C(=O)O)c(C)c(C)c1O. The second kappa shape index (κ2) is 5.60. The van der Waals surface area contributed by atoms with Gasteiger partial charge in [-0.3, -0.25) is 0 Å². The maximum atomic E-state index is 11.3. The zero-order chi connectivity index (χ0) is 16.6. The zero-order valence-corrected chi connectivity index (χ0v) is 12.6. The molecule has 0 aromatic heterocycles. The summed E-state index contributed by atoms with van der Waals surface area (Å²) < 4.78 is 0. The predicted octanol–water partition coefficient (Wildman–Crippen LogP) is 3.02. The van der Waals surface area contributed by atoms with Gasteiger partial charge in [-0.25, -0.2) is 4.79 Å². The Morgan fingerprint density at radius 3 is 2.18 bits per heavy atom. The molecular formula is C17H18O5. The fraction of sp³-hybridized carbons (Fsp3) is 0.235. The molecule has 0 aliphatic rings. The molecule has 0 aliphatic carbocycles. The van der Waals surface area contributed by atoms with Gasteiger partial charge in [-0.05, 0) is 61.1 Å². The van der Waals surface area contributed by atoms with Gasteiger partial charge in [0.05, 0.1) is 0 Å². The largest absolute Gasteiger partial charge is 0.507 e. The van der Waals surface area contributed by atoms with Crippen molar-refractivity contribution in [3.63, 3.8) is 0 Å². The van der Waals surface area contributed by atoms with Crippen molar-refractivity contribution in [2.75, 3.05) is 0 Å². The van der Waals surface area contributed by atoms with E-state index in [-0.39, 0.29) is 17.7 Å². The monoisotopic (exact) mass is 302 g/mol. The molecule has 22 heavy (non-hydrogen) atoms. The van der Waals surface area contributed by atoms with Gasteiger partial charge in [0, 0.05) is 0 Å². The van der Waals surface area contributed by atoms with Gasteiger partial charge < -0.3 is 20.4 Å². The Labute approximate surface area is 128 Å². The van der Waals surface area contributed by atoms with Crippen LogP contribution in [-0.4, -0.2) is 26.4 Å². The molecule has 0 amide bonds. The maximum absolute atomic E-state index is 11.3. The number of benzene rings is 2. The number of hydrogen-bond acceptors (Lipinski definition) is 4. The third-order valence-corrected chi connectivity index (χ3v) is 4.00. The molecule has 5 nitrogen and oxygen atoms in total. The summed E-state index contributed by atoms with van der Waals surface area (Å²) in [6.45, 7) is 5.43. The number of aromatic hydroxyl groups is 3. The number of aromatic carboxylic acids is 1. The Morgan fingerprint density at radius 2 is 1.59 bits per heavy atom. The first-order valence-corrected chi connectivity index (χ1v) is 6.79. The van der Waals surface area contributed by atoms with Gasteiger partial charge >= 0.3 is 5.97 Å². The lowest BCUT2D eigenvalue weighted by atomic mass is 9.92. The first-order chi connectivity index (χ1) is 10.2. The molecule has 0 fully saturated rings. The van der Waals surface area contributed by atoms with Crippen LogP contribution in [0.3, 0.4) is 0 Å². The van der Waals surface area contributed by atoms with Gasteiger partial charge in [-0.2, -0.15) is 0 Å². The zero-order valence-electron chi connectivity index (χ0n) is 12.6. The van der Waals surface area contributed by atoms with Crippen molar-refractivity contribution in [3.05, 3.63) is 51.6 Å². The fourth-order valence-electron chi connectivity index (χ4n) is 2.55. The molecular weight excluding hydrogens is 284 g/mol. The van der Waals surface area contributed by atoms with Crippen LogP contribution in [0.5, 0.6) is 17.2 Å². The van der Waals surface area contributed by atoms with Crippen LogP contribution < -0.4 is 0 Å². The smallest absolute Gasteiger partial charge is 0.339 e. The minimum atomic E-state index is -1.30. The van der Waals surface area contributed by atoms with Gasteiger partial charge in [-0.15, -0.1) is 0 Å². The van der Waals surface area contributed by atoms with E-state index in [2.05, 4.69) is 0 Å². The van der Waals surface area contributed by atoms with E-state index in [1.807, 2.05) is 6.92 Å². The number of carboxylic acid groups (broad SMARTS) is 1. The normalized spacial score (nSPS) is 10.7. The Hall–Kier alpha value is -2.69. The first kappa shape index (κ1) is 15.7. The van der Waals surface area contributed by atoms with Crippen molar-refractivity contribution in [2.45, 2.75) is 27.2 Å². The van der Waals surface area contributed by atoms with Crippen LogP contribution in [0.1, 0.15) is 38.2 Å². The molecule has 0 heterocycles. The van der Waals surface area contributed by atoms with E-state index in [0.717, 1.165) is 16.7 Å². The maximum Gasteiger partial charge on any atom is 0.339 e. The summed E-state index contributed by atoms with van der Waals surface area (Å²) in [6, 6.07) is 4.55. The van der Waals surface area contributed by atoms with E-state index in [0.29, 0.717) is 11.1 Å². The number of carboxylic acids is 1. The van der Waals surface area contributed by atoms with Crippen LogP contribution in [0.4, 0.5) is 0 Å². The molecule has 0 spiro atoms. The Kier molecular flexibility index (Phi) is 3.99. The lowest BCUT2D eigenvalue weighted by Crippen LogP contribution is -2.05. The third-order valence-electron chi connectivity index (χ3n) is 4.00. The van der Waals surface area contributed by atoms with E-state index in [1.54, 1.807) is 19.9 Å². The molecule has 0 radical (unpaired) electrons. The first-order valence-electron chi connectivity index (χ1n) is 6.79. The Balaban J connectivity index is 2.58. The standard InChI is InChI=1S/C17H18O5/c1-8-6-12(9(2)10(3)15(8)19)7-11-4-5-13(18)16(20)14(11)17(21)22/h4-6,18-20H,7H2,1-3H3,(H,21,22). The molecule has 0 saturated heterocycles. The highest BCUT2D eigenvalue weighted by atomic mass is 16.4. The second-order valence-corrected chi connectivity index (χ2v) is 5.40. The molecule has 116 valence electrons. The van der Waals surface area contributed by atoms with E-state index < -0.39 is 17.5 Å². The predicted molar refractivity (Wildman–Crippen MR) is 81.9 cm³/mol. The molecule has 2 aromatic carbocycles. The molecule has 5 heteroatoms. The van der Waals surface area contributed by atoms with Gasteiger partial charge in [0.25, 0.3) is 0 Å². The van der Waals surface area contributed by atoms with Gasteiger partial charge in [0.1, 0.15) is 11.3 Å². The highest BCUT2D eigenvalue weighted by Crippen LogP contribution is 2.34. The van der Waals surface area contributed by atoms with Crippen LogP contribution in [0.15, 0.2) is 18.2 Å². The summed E-state index contributed by atoms with van der Waals surface area (Å²) >= 11 is 0. The molecule has 2 rings (SSSR count). The van der Waals surface area contributed by atoms with Crippen LogP contribution in [-0.2, 0) is 6.42 Å². The Bertz CT molecular complexity index is 762. The average Bonchev–Trinajstić information content (AvgIpc) is 2.46. The average molecular weight is 302 g/mol. The quantitative estimate of drug-likeness (QED) is 0.653. The summed E-state index contributed by atoms with van der Waals surface area (Å²) in [5, 5.41) is 38.4. The third kappa shape index (κ3) is 2.57. The van der Waals surface area contributed by atoms with Gasteiger partial charge in [0.15, 0.2) is 11.5 Å². The van der Waals surface area contributed by atoms with Crippen LogP contribution >= 0.6 is 0 Å². The highest BCUT2D eigenvalue weighted by Gasteiger charge is 2.20. The number of phenols is 3. The molecule has 2 aromatic rings. The minimum absolute atomic E-state index is 0.230. The molecule has 0 aliphatic heterocycles. The number of rotatable bonds is 3. The minimum Gasteiger partial charge on any atom is -0.507 e. The van der Waals surface area contributed by atoms with Crippen molar-refractivity contribution in [3.8, 4) is 17.2 Å². The summed E-state index contributed by atoms with van der Waals surface area (Å²) in [5.74, 6) is -2.16. The van der Waals surface area contributed by atoms with Gasteiger partial charge in [0.2, 0.25) is 0 Å². The molecule has 0 unspecified atom stereocenters. The summed E-state index contributed by atoms with van der Waals surface area (Å²) in [6.07, 6.45) is 0.281. The van der Waals surface area contributed by atoms with Crippen LogP contribution in [0, 0.1) is 20.8 Å². The number of phenolic OH excluding ortho intramolecular Hbond substituents is 2. The lowest BCUT2D eigenvalue weighted by molar-refractivity contribution is 0.0692. The van der Waals surface area contributed by atoms with Gasteiger partial charge in [-0.1, -0.05) is 12.1 Å². The van der Waals surface area contributed by atoms with Crippen molar-refractivity contribution in [2.24, 2.45) is 0 Å². The van der Waals surface area contributed by atoms with E-state index in [9.17, 15) is 25.2 Å². The van der Waals surface area contributed by atoms with Crippen molar-refractivity contribution in [1.29, 1.82) is 0 Å². The highest BCUT2D eigenvalue weighted by molar-refractivity contribution is 5.93. The van der Waals surface area contributed by atoms with Crippen molar-refractivity contribution in [1.82, 2.24) is 0 Å². The number of aryl methyl sites for hydroxylation is 1. The summed E-state index contributed by atoms with van der Waals surface area (Å²) in [4.78, 5) is 11.3. The van der Waals surface area contributed by atoms with Crippen molar-refractivity contribution < 1.29 is 25.2 Å². The molecule has 0 atom stereocenters. The molecule has 4 N–H and O–H groups in total. The van der Waals surface area contributed by atoms with Crippen LogP contribution in [0.2, 0.25) is 0 Å². The topological polar surface area (TPSA) is 98.0 Å². The van der Waals surface area contributed by atoms with E-state index >= 15 is 0 Å². The molecule has 0 bridgehead atoms. The summed E-state index contributed by atoms with van der Waals surface area (Å²) in [5.41, 5.74) is 3.28. The number of hydrogen-bond donors (Lipinski definition) is 4. The second-order valence-electron chi connectivity index (χ2n) is 5.40. The fourth-order valence-corrected chi connectivity index (χ4v) is 2.55. The van der Waals surface area contributed by atoms with E-state index in [1.165, 1.54) is 12.1 Å². The summed E-state index contributed by atoms with van der Waals surface area (Å²) in [7, 11) is 0. The Morgan fingerprint density at radius 1 is 0.955 bits per heavy atom. The van der Waals surface area contributed by atoms with Crippen LogP contribution in [0.25, 0.3) is 0 Å². The number of carbonyl (C=O) groups is 1. The molecule has 0 saturated carbocycles. The lowest BCUT2D eigenvalue weighted by Gasteiger charge is -2.15. The van der Waals surface area contributed by atoms with E-state index in [4.69, 9.17) is 0 Å².